The average molecular weight is 657 g/mol. The molecule has 0 atom stereocenters. The molecule has 3 heterocycles. The predicted octanol–water partition coefficient (Wildman–Crippen LogP) is 11.0. The lowest BCUT2D eigenvalue weighted by molar-refractivity contribution is 0.661. The van der Waals surface area contributed by atoms with Crippen LogP contribution in [0, 0.1) is 0 Å². The van der Waals surface area contributed by atoms with Crippen LogP contribution in [0.25, 0.3) is 77.2 Å². The number of aromatic nitrogens is 2. The van der Waals surface area contributed by atoms with Gasteiger partial charge >= 0.3 is 0 Å². The average Bonchev–Trinajstić information content (AvgIpc) is 3.80. The van der Waals surface area contributed by atoms with Crippen LogP contribution in [0.3, 0.4) is 0 Å². The number of para-hydroxylation sites is 2. The molecule has 7 aromatic carbocycles. The fraction of sp³-hybridized carbons (Fsp3) is 0.106. The van der Waals surface area contributed by atoms with Crippen LogP contribution in [-0.2, 0) is 5.41 Å². The summed E-state index contributed by atoms with van der Waals surface area (Å²) in [5.41, 5.74) is 15.7. The summed E-state index contributed by atoms with van der Waals surface area (Å²) >= 11 is 0. The lowest BCUT2D eigenvalue weighted by Gasteiger charge is -2.21. The maximum absolute atomic E-state index is 2.53. The first-order chi connectivity index (χ1) is 24.3. The zero-order chi connectivity index (χ0) is 33.5. The predicted molar refractivity (Wildman–Crippen MR) is 215 cm³/mol. The molecule has 50 heavy (non-hydrogen) atoms. The van der Waals surface area contributed by atoms with Crippen LogP contribution in [0.1, 0.15) is 25.0 Å². The van der Waals surface area contributed by atoms with Gasteiger partial charge in [-0.15, -0.1) is 0 Å². The summed E-state index contributed by atoms with van der Waals surface area (Å²) in [6.07, 6.45) is 0. The number of rotatable bonds is 2. The minimum absolute atomic E-state index is 0.0662. The van der Waals surface area contributed by atoms with Crippen LogP contribution < -0.4 is 10.4 Å². The smallest absolute Gasteiger partial charge is 0.114 e. The molecule has 9 aromatic rings. The van der Waals surface area contributed by atoms with Gasteiger partial charge < -0.3 is 9.13 Å². The van der Waals surface area contributed by atoms with Gasteiger partial charge in [0.1, 0.15) is 8.07 Å². The second-order valence-electron chi connectivity index (χ2n) is 15.4. The number of nitrogens with zero attached hydrogens (tertiary/aromatic N) is 2. The monoisotopic (exact) mass is 656 g/mol. The molecular weight excluding hydrogens is 621 g/mol. The van der Waals surface area contributed by atoms with Crippen molar-refractivity contribution in [3.8, 4) is 33.6 Å². The Morgan fingerprint density at radius 2 is 1.14 bits per heavy atom. The van der Waals surface area contributed by atoms with E-state index in [-0.39, 0.29) is 5.41 Å². The fourth-order valence-electron chi connectivity index (χ4n) is 9.80. The molecule has 0 bridgehead atoms. The Kier molecular flexibility index (Phi) is 5.38. The summed E-state index contributed by atoms with van der Waals surface area (Å²) < 4.78 is 5.01. The molecule has 0 amide bonds. The van der Waals surface area contributed by atoms with Gasteiger partial charge in [0.2, 0.25) is 0 Å². The second-order valence-corrected chi connectivity index (χ2v) is 19.7. The van der Waals surface area contributed by atoms with Gasteiger partial charge in [0.25, 0.3) is 0 Å². The highest BCUT2D eigenvalue weighted by molar-refractivity contribution is 7.05. The number of hydrogen-bond acceptors (Lipinski definition) is 0. The van der Waals surface area contributed by atoms with Crippen LogP contribution in [0.15, 0.2) is 146 Å². The van der Waals surface area contributed by atoms with Crippen molar-refractivity contribution in [2.75, 3.05) is 0 Å². The first-order valence-electron chi connectivity index (χ1n) is 17.8. The molecule has 238 valence electrons. The molecule has 0 radical (unpaired) electrons. The van der Waals surface area contributed by atoms with Crippen molar-refractivity contribution < 1.29 is 0 Å². The third kappa shape index (κ3) is 3.43. The Bertz CT molecular complexity index is 2920. The number of fused-ring (bicyclic) bond motifs is 13. The molecule has 0 spiro atoms. The highest BCUT2D eigenvalue weighted by Gasteiger charge is 2.40. The van der Waals surface area contributed by atoms with Gasteiger partial charge in [0.15, 0.2) is 0 Å². The molecule has 0 saturated heterocycles. The third-order valence-electron chi connectivity index (χ3n) is 12.1. The largest absolute Gasteiger partial charge is 0.309 e. The van der Waals surface area contributed by atoms with Gasteiger partial charge in [0.05, 0.1) is 22.1 Å². The highest BCUT2D eigenvalue weighted by atomic mass is 28.3. The van der Waals surface area contributed by atoms with Gasteiger partial charge in [-0.3, -0.25) is 0 Å². The molecular formula is C47H36N2Si. The second kappa shape index (κ2) is 9.53. The Morgan fingerprint density at radius 1 is 0.440 bits per heavy atom. The van der Waals surface area contributed by atoms with Crippen molar-refractivity contribution >= 4 is 62.1 Å². The molecule has 2 nitrogen and oxygen atoms in total. The zero-order valence-electron chi connectivity index (χ0n) is 28.8. The van der Waals surface area contributed by atoms with E-state index in [2.05, 4.69) is 182 Å². The fourth-order valence-corrected chi connectivity index (χ4v) is 13.3. The standard InChI is InChI=1S/C47H36N2Si/c1-47(2)38-19-11-8-16-31(38)36-27-37-32-23-22-30(26-42(32)48(43(37)28-39(36)47)29-14-6-5-7-15-29)49-40-20-12-9-18-35(40)45-41(49)25-24-34-33-17-10-13-21-44(33)50(3,4)46(34)45/h5-28H,1-4H3. The summed E-state index contributed by atoms with van der Waals surface area (Å²) in [4.78, 5) is 0. The Labute approximate surface area is 292 Å². The summed E-state index contributed by atoms with van der Waals surface area (Å²) in [5, 5.41) is 8.46. The van der Waals surface area contributed by atoms with Gasteiger partial charge in [0, 0.05) is 38.3 Å². The van der Waals surface area contributed by atoms with Crippen molar-refractivity contribution in [3.05, 3.63) is 157 Å². The third-order valence-corrected chi connectivity index (χ3v) is 15.6. The Balaban J connectivity index is 1.23. The van der Waals surface area contributed by atoms with E-state index in [9.17, 15) is 0 Å². The topological polar surface area (TPSA) is 9.86 Å². The van der Waals surface area contributed by atoms with Crippen LogP contribution >= 0.6 is 0 Å². The Morgan fingerprint density at radius 3 is 2.00 bits per heavy atom. The van der Waals surface area contributed by atoms with E-state index in [1.807, 2.05) is 0 Å². The first-order valence-corrected chi connectivity index (χ1v) is 20.8. The molecule has 0 unspecified atom stereocenters. The van der Waals surface area contributed by atoms with E-state index in [0.717, 1.165) is 0 Å². The van der Waals surface area contributed by atoms with Gasteiger partial charge in [-0.2, -0.15) is 0 Å². The molecule has 1 aliphatic carbocycles. The SMILES string of the molecule is CC1(C)c2ccccc2-c2cc3c4ccc(-n5c6ccccc6c6c7c(ccc65)-c5ccccc5[Si]7(C)C)cc4n(-c4ccccc4)c3cc21. The van der Waals surface area contributed by atoms with Crippen molar-refractivity contribution in [1.82, 2.24) is 9.13 Å². The van der Waals surface area contributed by atoms with Crippen molar-refractivity contribution in [1.29, 1.82) is 0 Å². The minimum Gasteiger partial charge on any atom is -0.309 e. The van der Waals surface area contributed by atoms with Gasteiger partial charge in [-0.05, 0) is 92.3 Å². The van der Waals surface area contributed by atoms with E-state index >= 15 is 0 Å². The van der Waals surface area contributed by atoms with Crippen LogP contribution in [0.4, 0.5) is 0 Å². The van der Waals surface area contributed by atoms with Crippen LogP contribution in [0.5, 0.6) is 0 Å². The van der Waals surface area contributed by atoms with Crippen molar-refractivity contribution in [3.63, 3.8) is 0 Å². The lowest BCUT2D eigenvalue weighted by atomic mass is 9.82. The van der Waals surface area contributed by atoms with Crippen LogP contribution in [0.2, 0.25) is 13.1 Å². The van der Waals surface area contributed by atoms with Crippen LogP contribution in [-0.4, -0.2) is 17.2 Å². The maximum atomic E-state index is 2.53. The number of benzene rings is 7. The van der Waals surface area contributed by atoms with E-state index in [1.54, 1.807) is 10.4 Å². The van der Waals surface area contributed by atoms with Crippen molar-refractivity contribution in [2.24, 2.45) is 0 Å². The van der Waals surface area contributed by atoms with Gasteiger partial charge in [-0.25, -0.2) is 0 Å². The molecule has 2 aliphatic rings. The number of hydrogen-bond donors (Lipinski definition) is 0. The molecule has 3 heteroatoms. The Hall–Kier alpha value is -5.64. The van der Waals surface area contributed by atoms with E-state index in [1.165, 1.54) is 88.4 Å². The highest BCUT2D eigenvalue weighted by Crippen LogP contribution is 2.51. The lowest BCUT2D eigenvalue weighted by Crippen LogP contribution is -2.49. The zero-order valence-corrected chi connectivity index (χ0v) is 29.8. The molecule has 1 aliphatic heterocycles. The summed E-state index contributed by atoms with van der Waals surface area (Å²) in [6.45, 7) is 9.81. The minimum atomic E-state index is -1.93. The van der Waals surface area contributed by atoms with E-state index < -0.39 is 8.07 Å². The van der Waals surface area contributed by atoms with E-state index in [4.69, 9.17) is 0 Å². The molecule has 0 saturated carbocycles. The molecule has 0 fully saturated rings. The quantitative estimate of drug-likeness (QED) is 0.164. The summed E-state index contributed by atoms with van der Waals surface area (Å²) in [7, 11) is -1.93. The van der Waals surface area contributed by atoms with Crippen molar-refractivity contribution in [2.45, 2.75) is 32.4 Å². The van der Waals surface area contributed by atoms with E-state index in [0.29, 0.717) is 0 Å². The van der Waals surface area contributed by atoms with Gasteiger partial charge in [-0.1, -0.05) is 124 Å². The first kappa shape index (κ1) is 28.2. The maximum Gasteiger partial charge on any atom is 0.114 e. The molecule has 0 N–H and O–H groups in total. The molecule has 11 rings (SSSR count). The summed E-state index contributed by atoms with van der Waals surface area (Å²) in [6, 6.07) is 54.9. The normalized spacial score (nSPS) is 15.1. The molecule has 2 aromatic heterocycles. The summed E-state index contributed by atoms with van der Waals surface area (Å²) in [5.74, 6) is 0.